The average molecular weight is 162 g/mol. The van der Waals surface area contributed by atoms with Crippen molar-refractivity contribution in [1.29, 1.82) is 0 Å². The zero-order valence-electron chi connectivity index (χ0n) is 8.35. The first-order valence-corrected chi connectivity index (χ1v) is 4.62. The van der Waals surface area contributed by atoms with E-state index in [4.69, 9.17) is 0 Å². The molecule has 0 amide bonds. The van der Waals surface area contributed by atoms with Crippen LogP contribution >= 0.6 is 0 Å². The highest BCUT2D eigenvalue weighted by molar-refractivity contribution is 5.32. The van der Waals surface area contributed by atoms with Crippen molar-refractivity contribution in [2.75, 3.05) is 0 Å². The highest BCUT2D eigenvalue weighted by atomic mass is 14.3. The third kappa shape index (κ3) is 2.69. The minimum absolute atomic E-state index is 0.852. The van der Waals surface area contributed by atoms with Gasteiger partial charge in [0.1, 0.15) is 0 Å². The van der Waals surface area contributed by atoms with Gasteiger partial charge in [-0.3, -0.25) is 0 Å². The smallest absolute Gasteiger partial charge is 0.0162 e. The third-order valence-corrected chi connectivity index (χ3v) is 2.14. The fourth-order valence-corrected chi connectivity index (χ4v) is 1.34. The fourth-order valence-electron chi connectivity index (χ4n) is 1.34. The first kappa shape index (κ1) is 9.31. The van der Waals surface area contributed by atoms with Gasteiger partial charge in [0.2, 0.25) is 0 Å². The van der Waals surface area contributed by atoms with E-state index >= 15 is 0 Å². The zero-order valence-corrected chi connectivity index (χ0v) is 8.35. The van der Waals surface area contributed by atoms with Crippen molar-refractivity contribution in [3.05, 3.63) is 35.5 Å². The Morgan fingerprint density at radius 3 is 2.08 bits per heavy atom. The summed E-state index contributed by atoms with van der Waals surface area (Å²) < 4.78 is 0. The van der Waals surface area contributed by atoms with E-state index in [2.05, 4.69) is 32.6 Å². The fraction of sp³-hybridized carbons (Fsp3) is 0.500. The van der Waals surface area contributed by atoms with Gasteiger partial charge in [-0.25, -0.2) is 0 Å². The SMILES string of the molecule is C=C(C)/C=C\C(=C(C)C)C1CC1. The van der Waals surface area contributed by atoms with Crippen LogP contribution in [0.5, 0.6) is 0 Å². The number of allylic oxidation sites excluding steroid dienone is 5. The second kappa shape index (κ2) is 3.75. The highest BCUT2D eigenvalue weighted by Crippen LogP contribution is 2.38. The Labute approximate surface area is 75.7 Å². The molecule has 1 rings (SSSR count). The molecule has 0 aromatic carbocycles. The molecule has 0 bridgehead atoms. The Balaban J connectivity index is 2.68. The second-order valence-electron chi connectivity index (χ2n) is 3.91. The molecule has 66 valence electrons. The molecular formula is C12H18. The molecule has 0 nitrogen and oxygen atoms in total. The normalized spacial score (nSPS) is 16.6. The highest BCUT2D eigenvalue weighted by Gasteiger charge is 2.24. The molecule has 0 aromatic rings. The molecule has 1 aliphatic carbocycles. The lowest BCUT2D eigenvalue weighted by atomic mass is 10.0. The Bertz CT molecular complexity index is 233. The summed E-state index contributed by atoms with van der Waals surface area (Å²) in [5.41, 5.74) is 4.11. The van der Waals surface area contributed by atoms with Crippen LogP contribution < -0.4 is 0 Å². The first-order valence-electron chi connectivity index (χ1n) is 4.62. The molecule has 0 heteroatoms. The second-order valence-corrected chi connectivity index (χ2v) is 3.91. The van der Waals surface area contributed by atoms with E-state index in [9.17, 15) is 0 Å². The third-order valence-electron chi connectivity index (χ3n) is 2.14. The minimum atomic E-state index is 0.852. The van der Waals surface area contributed by atoms with Gasteiger partial charge in [0.25, 0.3) is 0 Å². The largest absolute Gasteiger partial charge is 0.0961 e. The molecule has 0 aromatic heterocycles. The van der Waals surface area contributed by atoms with Crippen LogP contribution in [0.2, 0.25) is 0 Å². The Hall–Kier alpha value is -0.780. The average Bonchev–Trinajstić information content (AvgIpc) is 2.69. The minimum Gasteiger partial charge on any atom is -0.0961 e. The molecule has 0 heterocycles. The van der Waals surface area contributed by atoms with E-state index in [0.29, 0.717) is 0 Å². The van der Waals surface area contributed by atoms with Crippen LogP contribution in [0.4, 0.5) is 0 Å². The molecule has 0 spiro atoms. The molecule has 1 saturated carbocycles. The summed E-state index contributed by atoms with van der Waals surface area (Å²) >= 11 is 0. The van der Waals surface area contributed by atoms with Crippen LogP contribution in [0, 0.1) is 5.92 Å². The topological polar surface area (TPSA) is 0 Å². The maximum Gasteiger partial charge on any atom is -0.0162 e. The number of hydrogen-bond acceptors (Lipinski definition) is 0. The molecule has 0 unspecified atom stereocenters. The molecule has 0 radical (unpaired) electrons. The van der Waals surface area contributed by atoms with Crippen molar-refractivity contribution in [1.82, 2.24) is 0 Å². The Kier molecular flexibility index (Phi) is 2.91. The maximum absolute atomic E-state index is 3.86. The van der Waals surface area contributed by atoms with Crippen molar-refractivity contribution >= 4 is 0 Å². The zero-order chi connectivity index (χ0) is 9.14. The van der Waals surface area contributed by atoms with Crippen molar-refractivity contribution < 1.29 is 0 Å². The van der Waals surface area contributed by atoms with Gasteiger partial charge < -0.3 is 0 Å². The quantitative estimate of drug-likeness (QED) is 0.553. The van der Waals surface area contributed by atoms with E-state index in [1.165, 1.54) is 24.0 Å². The summed E-state index contributed by atoms with van der Waals surface area (Å²) in [6.07, 6.45) is 7.10. The summed E-state index contributed by atoms with van der Waals surface area (Å²) in [5, 5.41) is 0. The van der Waals surface area contributed by atoms with E-state index < -0.39 is 0 Å². The summed E-state index contributed by atoms with van der Waals surface area (Å²) in [4.78, 5) is 0. The Morgan fingerprint density at radius 2 is 1.75 bits per heavy atom. The van der Waals surface area contributed by atoms with Crippen LogP contribution in [0.1, 0.15) is 33.6 Å². The van der Waals surface area contributed by atoms with Crippen molar-refractivity contribution in [2.24, 2.45) is 5.92 Å². The molecule has 12 heavy (non-hydrogen) atoms. The van der Waals surface area contributed by atoms with Crippen molar-refractivity contribution in [3.8, 4) is 0 Å². The lowest BCUT2D eigenvalue weighted by Crippen LogP contribution is -1.84. The van der Waals surface area contributed by atoms with Gasteiger partial charge >= 0.3 is 0 Å². The van der Waals surface area contributed by atoms with Crippen LogP contribution in [0.3, 0.4) is 0 Å². The van der Waals surface area contributed by atoms with Gasteiger partial charge in [0.15, 0.2) is 0 Å². The predicted octanol–water partition coefficient (Wildman–Crippen LogP) is 3.87. The lowest BCUT2D eigenvalue weighted by molar-refractivity contribution is 1.01. The van der Waals surface area contributed by atoms with Crippen LogP contribution in [0.15, 0.2) is 35.5 Å². The van der Waals surface area contributed by atoms with Gasteiger partial charge in [-0.05, 0) is 45.1 Å². The van der Waals surface area contributed by atoms with Crippen molar-refractivity contribution in [2.45, 2.75) is 33.6 Å². The van der Waals surface area contributed by atoms with Gasteiger partial charge in [0.05, 0.1) is 0 Å². The molecule has 0 atom stereocenters. The van der Waals surface area contributed by atoms with Gasteiger partial charge in [0, 0.05) is 0 Å². The van der Waals surface area contributed by atoms with Gasteiger partial charge in [-0.1, -0.05) is 29.9 Å². The molecule has 0 aliphatic heterocycles. The monoisotopic (exact) mass is 162 g/mol. The van der Waals surface area contributed by atoms with E-state index in [1.807, 2.05) is 6.92 Å². The molecular weight excluding hydrogens is 144 g/mol. The molecule has 1 fully saturated rings. The number of rotatable bonds is 3. The standard InChI is InChI=1S/C12H18/c1-9(2)5-8-12(10(3)4)11-6-7-11/h5,8,11H,1,6-7H2,2-4H3/b8-5-. The summed E-state index contributed by atoms with van der Waals surface area (Å²) in [6, 6.07) is 0. The van der Waals surface area contributed by atoms with E-state index in [0.717, 1.165) is 11.5 Å². The molecule has 0 saturated heterocycles. The number of hydrogen-bond donors (Lipinski definition) is 0. The maximum atomic E-state index is 3.86. The van der Waals surface area contributed by atoms with E-state index in [-0.39, 0.29) is 0 Å². The molecule has 1 aliphatic rings. The first-order chi connectivity index (χ1) is 5.61. The predicted molar refractivity (Wildman–Crippen MR) is 55.1 cm³/mol. The van der Waals surface area contributed by atoms with Gasteiger partial charge in [-0.15, -0.1) is 0 Å². The van der Waals surface area contributed by atoms with Crippen LogP contribution in [-0.2, 0) is 0 Å². The van der Waals surface area contributed by atoms with Crippen molar-refractivity contribution in [3.63, 3.8) is 0 Å². The summed E-state index contributed by atoms with van der Waals surface area (Å²) in [6.45, 7) is 10.3. The lowest BCUT2D eigenvalue weighted by Gasteiger charge is -2.01. The summed E-state index contributed by atoms with van der Waals surface area (Å²) in [7, 11) is 0. The van der Waals surface area contributed by atoms with Crippen LogP contribution in [0.25, 0.3) is 0 Å². The van der Waals surface area contributed by atoms with Crippen LogP contribution in [-0.4, -0.2) is 0 Å². The van der Waals surface area contributed by atoms with Gasteiger partial charge in [-0.2, -0.15) is 0 Å². The molecule has 0 N–H and O–H groups in total. The van der Waals surface area contributed by atoms with E-state index in [1.54, 1.807) is 0 Å². The Morgan fingerprint density at radius 1 is 1.17 bits per heavy atom. The summed E-state index contributed by atoms with van der Waals surface area (Å²) in [5.74, 6) is 0.852.